The van der Waals surface area contributed by atoms with Crippen LogP contribution in [0.3, 0.4) is 0 Å². The van der Waals surface area contributed by atoms with E-state index in [4.69, 9.17) is 0 Å². The van der Waals surface area contributed by atoms with Gasteiger partial charge in [0.1, 0.15) is 0 Å². The molecule has 0 amide bonds. The van der Waals surface area contributed by atoms with Crippen LogP contribution < -0.4 is 24.8 Å². The summed E-state index contributed by atoms with van der Waals surface area (Å²) in [6.45, 7) is 4.58. The molecule has 0 nitrogen and oxygen atoms in total. The molecule has 0 N–H and O–H groups in total. The van der Waals surface area contributed by atoms with Crippen molar-refractivity contribution >= 4 is 32.3 Å². The SMILES string of the molecule is CCC(C)c1cc2c(-c3cccc4cc5ccccc5cc34)cccc2[cH-]1.[Cl-].[Cl-].[Zr+3]. The van der Waals surface area contributed by atoms with Crippen molar-refractivity contribution in [1.82, 2.24) is 0 Å². The molecule has 0 aliphatic rings. The van der Waals surface area contributed by atoms with Gasteiger partial charge in [0.15, 0.2) is 0 Å². The molecule has 0 saturated carbocycles. The van der Waals surface area contributed by atoms with E-state index in [0.717, 1.165) is 0 Å². The number of rotatable bonds is 3. The average Bonchev–Trinajstić information content (AvgIpc) is 3.15. The van der Waals surface area contributed by atoms with E-state index in [-0.39, 0.29) is 51.0 Å². The third-order valence-corrected chi connectivity index (χ3v) is 5.99. The van der Waals surface area contributed by atoms with Crippen LogP contribution in [0.2, 0.25) is 0 Å². The monoisotopic (exact) mass is 507 g/mol. The topological polar surface area (TPSA) is 0 Å². The van der Waals surface area contributed by atoms with Crippen LogP contribution in [0.5, 0.6) is 0 Å². The number of benzene rings is 4. The Morgan fingerprint density at radius 2 is 1.30 bits per heavy atom. The molecule has 30 heavy (non-hydrogen) atoms. The van der Waals surface area contributed by atoms with Gasteiger partial charge in [-0.15, -0.1) is 34.5 Å². The summed E-state index contributed by atoms with van der Waals surface area (Å²) in [7, 11) is 0. The van der Waals surface area contributed by atoms with E-state index in [0.29, 0.717) is 5.92 Å². The fraction of sp³-hybridized carbons (Fsp3) is 0.148. The number of fused-ring (bicyclic) bond motifs is 3. The summed E-state index contributed by atoms with van der Waals surface area (Å²) in [5, 5.41) is 7.95. The second-order valence-electron chi connectivity index (χ2n) is 7.63. The maximum absolute atomic E-state index is 2.40. The minimum atomic E-state index is 0. The van der Waals surface area contributed by atoms with Crippen LogP contribution >= 0.6 is 0 Å². The summed E-state index contributed by atoms with van der Waals surface area (Å²) >= 11 is 0. The molecular formula is C27H23Cl2Zr. The molecule has 0 bridgehead atoms. The van der Waals surface area contributed by atoms with Gasteiger partial charge in [-0.05, 0) is 45.2 Å². The Morgan fingerprint density at radius 1 is 0.700 bits per heavy atom. The van der Waals surface area contributed by atoms with E-state index in [1.165, 1.54) is 55.4 Å². The fourth-order valence-electron chi connectivity index (χ4n) is 4.21. The van der Waals surface area contributed by atoms with Crippen molar-refractivity contribution in [3.8, 4) is 11.1 Å². The maximum Gasteiger partial charge on any atom is 3.00 e. The molecule has 1 radical (unpaired) electrons. The zero-order chi connectivity index (χ0) is 18.4. The Morgan fingerprint density at radius 3 is 2.00 bits per heavy atom. The van der Waals surface area contributed by atoms with Crippen molar-refractivity contribution in [2.75, 3.05) is 0 Å². The molecule has 5 aromatic rings. The van der Waals surface area contributed by atoms with E-state index >= 15 is 0 Å². The molecule has 3 heteroatoms. The Kier molecular flexibility index (Phi) is 8.40. The summed E-state index contributed by atoms with van der Waals surface area (Å²) in [6.07, 6.45) is 1.17. The van der Waals surface area contributed by atoms with Crippen LogP contribution in [0.4, 0.5) is 0 Å². The minimum Gasteiger partial charge on any atom is -1.00 e. The first kappa shape index (κ1) is 24.7. The summed E-state index contributed by atoms with van der Waals surface area (Å²) in [5.74, 6) is 0.599. The summed E-state index contributed by atoms with van der Waals surface area (Å²) < 4.78 is 0. The zero-order valence-electron chi connectivity index (χ0n) is 17.1. The normalized spacial score (nSPS) is 11.5. The molecular weight excluding hydrogens is 486 g/mol. The molecule has 149 valence electrons. The molecule has 1 atom stereocenters. The molecule has 0 aliphatic carbocycles. The predicted molar refractivity (Wildman–Crippen MR) is 119 cm³/mol. The predicted octanol–water partition coefficient (Wildman–Crippen LogP) is 2.05. The molecule has 0 aliphatic heterocycles. The van der Waals surface area contributed by atoms with E-state index in [2.05, 4.69) is 98.8 Å². The van der Waals surface area contributed by atoms with E-state index in [1.54, 1.807) is 0 Å². The molecule has 0 aromatic heterocycles. The molecule has 0 spiro atoms. The van der Waals surface area contributed by atoms with Gasteiger partial charge in [0, 0.05) is 0 Å². The van der Waals surface area contributed by atoms with Gasteiger partial charge in [0.05, 0.1) is 0 Å². The number of hydrogen-bond donors (Lipinski definition) is 0. The van der Waals surface area contributed by atoms with E-state index in [1.807, 2.05) is 0 Å². The van der Waals surface area contributed by atoms with Gasteiger partial charge in [0.2, 0.25) is 0 Å². The molecule has 5 aromatic carbocycles. The van der Waals surface area contributed by atoms with E-state index in [9.17, 15) is 0 Å². The van der Waals surface area contributed by atoms with E-state index < -0.39 is 0 Å². The quantitative estimate of drug-likeness (QED) is 0.258. The second kappa shape index (κ2) is 10.2. The van der Waals surface area contributed by atoms with Gasteiger partial charge in [-0.25, -0.2) is 0 Å². The van der Waals surface area contributed by atoms with Crippen LogP contribution in [0.15, 0.2) is 84.9 Å². The Bertz CT molecular complexity index is 1290. The second-order valence-corrected chi connectivity index (χ2v) is 7.63. The van der Waals surface area contributed by atoms with Gasteiger partial charge in [-0.2, -0.15) is 6.07 Å². The smallest absolute Gasteiger partial charge is 1.00 e. The van der Waals surface area contributed by atoms with Gasteiger partial charge in [-0.3, -0.25) is 0 Å². The van der Waals surface area contributed by atoms with Crippen LogP contribution in [-0.4, -0.2) is 0 Å². The Balaban J connectivity index is 0.00000107. The first-order valence-electron chi connectivity index (χ1n) is 9.86. The van der Waals surface area contributed by atoms with Crippen LogP contribution in [0, 0.1) is 0 Å². The number of halogens is 2. The average molecular weight is 510 g/mol. The maximum atomic E-state index is 2.40. The standard InChI is InChI=1S/C27H23.2ClH.Zr/c1-3-18(2)23-15-22-11-7-13-25(27(22)17-23)24-12-6-10-21-14-19-8-4-5-9-20(19)16-26(21)24;;;/h4-18H,3H2,1-2H3;2*1H;/q-1;;;+3/p-2. The molecule has 5 rings (SSSR count). The largest absolute Gasteiger partial charge is 3.00 e. The van der Waals surface area contributed by atoms with Crippen LogP contribution in [-0.2, 0) is 26.2 Å². The zero-order valence-corrected chi connectivity index (χ0v) is 21.1. The van der Waals surface area contributed by atoms with Crippen molar-refractivity contribution in [1.29, 1.82) is 0 Å². The van der Waals surface area contributed by atoms with Gasteiger partial charge in [-0.1, -0.05) is 74.4 Å². The van der Waals surface area contributed by atoms with Crippen molar-refractivity contribution in [3.05, 3.63) is 90.5 Å². The van der Waals surface area contributed by atoms with Crippen LogP contribution in [0.1, 0.15) is 31.7 Å². The van der Waals surface area contributed by atoms with Crippen molar-refractivity contribution in [2.45, 2.75) is 26.2 Å². The number of hydrogen-bond acceptors (Lipinski definition) is 0. The molecule has 0 heterocycles. The fourth-order valence-corrected chi connectivity index (χ4v) is 4.21. The van der Waals surface area contributed by atoms with Crippen LogP contribution in [0.25, 0.3) is 43.4 Å². The first-order chi connectivity index (χ1) is 13.2. The third kappa shape index (κ3) is 4.26. The van der Waals surface area contributed by atoms with Gasteiger partial charge >= 0.3 is 26.2 Å². The first-order valence-corrected chi connectivity index (χ1v) is 9.86. The van der Waals surface area contributed by atoms with Crippen molar-refractivity contribution in [3.63, 3.8) is 0 Å². The Hall–Kier alpha value is -1.53. The Labute approximate surface area is 210 Å². The third-order valence-electron chi connectivity index (χ3n) is 5.99. The molecule has 0 fully saturated rings. The van der Waals surface area contributed by atoms with Crippen molar-refractivity contribution in [2.24, 2.45) is 0 Å². The summed E-state index contributed by atoms with van der Waals surface area (Å²) in [6, 6.07) is 31.4. The minimum absolute atomic E-state index is 0. The van der Waals surface area contributed by atoms with Gasteiger partial charge in [0.25, 0.3) is 0 Å². The summed E-state index contributed by atoms with van der Waals surface area (Å²) in [5.41, 5.74) is 4.11. The van der Waals surface area contributed by atoms with Crippen molar-refractivity contribution < 1.29 is 51.0 Å². The molecule has 1 unspecified atom stereocenters. The van der Waals surface area contributed by atoms with Gasteiger partial charge < -0.3 is 24.8 Å². The molecule has 0 saturated heterocycles. The summed E-state index contributed by atoms with van der Waals surface area (Å²) in [4.78, 5) is 0.